The van der Waals surface area contributed by atoms with Crippen molar-refractivity contribution in [1.29, 1.82) is 0 Å². The Kier molecular flexibility index (Phi) is 7.39. The predicted octanol–water partition coefficient (Wildman–Crippen LogP) is 3.88. The van der Waals surface area contributed by atoms with Gasteiger partial charge in [-0.25, -0.2) is 0 Å². The first kappa shape index (κ1) is 18.2. The minimum Gasteiger partial charge on any atom is -0.351 e. The van der Waals surface area contributed by atoms with Gasteiger partial charge in [-0.1, -0.05) is 37.3 Å². The highest BCUT2D eigenvalue weighted by molar-refractivity contribution is 9.10. The van der Waals surface area contributed by atoms with Crippen molar-refractivity contribution in [3.05, 3.63) is 56.7 Å². The van der Waals surface area contributed by atoms with Gasteiger partial charge in [-0.2, -0.15) is 0 Å². The summed E-state index contributed by atoms with van der Waals surface area (Å²) in [4.78, 5) is 13.3. The van der Waals surface area contributed by atoms with Crippen LogP contribution in [-0.2, 0) is 11.3 Å². The lowest BCUT2D eigenvalue weighted by Gasteiger charge is -2.19. The third-order valence-electron chi connectivity index (χ3n) is 3.25. The molecule has 21 heavy (non-hydrogen) atoms. The molecule has 1 amide bonds. The minimum atomic E-state index is -0.289. The van der Waals surface area contributed by atoms with Gasteiger partial charge in [0.2, 0.25) is 5.91 Å². The number of nitrogens with two attached hydrogens (primary N) is 1. The molecule has 2 rings (SSSR count). The van der Waals surface area contributed by atoms with E-state index in [2.05, 4.69) is 21.2 Å². The first-order valence-corrected chi connectivity index (χ1v) is 8.07. The van der Waals surface area contributed by atoms with Crippen LogP contribution in [0.15, 0.2) is 46.3 Å². The zero-order chi connectivity index (χ0) is 14.5. The Morgan fingerprint density at radius 2 is 2.00 bits per heavy atom. The number of benzene rings is 1. The number of amides is 1. The number of nitrogens with one attached hydrogen (secondary N) is 1. The predicted molar refractivity (Wildman–Crippen MR) is 93.6 cm³/mol. The van der Waals surface area contributed by atoms with Crippen molar-refractivity contribution in [1.82, 2.24) is 5.32 Å². The summed E-state index contributed by atoms with van der Waals surface area (Å²) in [5.41, 5.74) is 7.13. The van der Waals surface area contributed by atoms with E-state index in [-0.39, 0.29) is 30.3 Å². The SMILES string of the molecule is CC(C(=O)NCc1sccc1Br)C(N)c1ccccc1.Cl. The fourth-order valence-corrected chi connectivity index (χ4v) is 3.34. The Morgan fingerprint density at radius 1 is 1.33 bits per heavy atom. The molecule has 3 N–H and O–H groups in total. The van der Waals surface area contributed by atoms with Gasteiger partial charge in [0.15, 0.2) is 0 Å². The van der Waals surface area contributed by atoms with E-state index in [1.165, 1.54) is 0 Å². The fourth-order valence-electron chi connectivity index (χ4n) is 1.91. The summed E-state index contributed by atoms with van der Waals surface area (Å²) in [7, 11) is 0. The third kappa shape index (κ3) is 4.81. The molecule has 2 atom stereocenters. The highest BCUT2D eigenvalue weighted by Crippen LogP contribution is 2.23. The molecule has 0 spiro atoms. The Labute approximate surface area is 143 Å². The van der Waals surface area contributed by atoms with Gasteiger partial charge in [-0.3, -0.25) is 4.79 Å². The molecule has 0 bridgehead atoms. The Morgan fingerprint density at radius 3 is 2.57 bits per heavy atom. The van der Waals surface area contributed by atoms with Crippen molar-refractivity contribution >= 4 is 45.6 Å². The van der Waals surface area contributed by atoms with Gasteiger partial charge in [-0.05, 0) is 32.9 Å². The molecule has 114 valence electrons. The zero-order valence-corrected chi connectivity index (χ0v) is 14.8. The molecule has 0 aliphatic rings. The molecule has 0 saturated heterocycles. The maximum Gasteiger partial charge on any atom is 0.225 e. The largest absolute Gasteiger partial charge is 0.351 e. The molecule has 6 heteroatoms. The summed E-state index contributed by atoms with van der Waals surface area (Å²) in [6.07, 6.45) is 0. The van der Waals surface area contributed by atoms with Gasteiger partial charge in [0.1, 0.15) is 0 Å². The number of carbonyl (C=O) groups is 1. The summed E-state index contributed by atoms with van der Waals surface area (Å²) in [5.74, 6) is -0.294. The van der Waals surface area contributed by atoms with Crippen LogP contribution in [0.1, 0.15) is 23.4 Å². The van der Waals surface area contributed by atoms with E-state index in [1.54, 1.807) is 11.3 Å². The van der Waals surface area contributed by atoms with Crippen LogP contribution < -0.4 is 11.1 Å². The van der Waals surface area contributed by atoms with E-state index < -0.39 is 0 Å². The van der Waals surface area contributed by atoms with Crippen molar-refractivity contribution in [3.63, 3.8) is 0 Å². The van der Waals surface area contributed by atoms with E-state index in [0.717, 1.165) is 14.9 Å². The molecule has 2 unspecified atom stereocenters. The molecule has 0 aliphatic heterocycles. The molecule has 1 aromatic heterocycles. The molecule has 3 nitrogen and oxygen atoms in total. The Bertz CT molecular complexity index is 576. The van der Waals surface area contributed by atoms with E-state index in [1.807, 2.05) is 48.7 Å². The molecule has 1 aromatic carbocycles. The maximum atomic E-state index is 12.2. The quantitative estimate of drug-likeness (QED) is 0.815. The molecule has 0 aliphatic carbocycles. The highest BCUT2D eigenvalue weighted by atomic mass is 79.9. The summed E-state index contributed by atoms with van der Waals surface area (Å²) in [6.45, 7) is 2.39. The van der Waals surface area contributed by atoms with Gasteiger partial charge >= 0.3 is 0 Å². The van der Waals surface area contributed by atoms with Gasteiger partial charge in [0.05, 0.1) is 12.5 Å². The van der Waals surface area contributed by atoms with Crippen molar-refractivity contribution in [2.45, 2.75) is 19.5 Å². The second kappa shape index (κ2) is 8.54. The van der Waals surface area contributed by atoms with Crippen LogP contribution in [0.25, 0.3) is 0 Å². The first-order valence-electron chi connectivity index (χ1n) is 6.39. The van der Waals surface area contributed by atoms with Gasteiger partial charge in [-0.15, -0.1) is 23.7 Å². The third-order valence-corrected chi connectivity index (χ3v) is 5.18. The van der Waals surface area contributed by atoms with Crippen molar-refractivity contribution in [2.75, 3.05) is 0 Å². The van der Waals surface area contributed by atoms with E-state index in [0.29, 0.717) is 6.54 Å². The molecular formula is C15H18BrClN2OS. The number of carbonyl (C=O) groups excluding carboxylic acids is 1. The molecular weight excluding hydrogens is 372 g/mol. The lowest BCUT2D eigenvalue weighted by Crippen LogP contribution is -2.35. The highest BCUT2D eigenvalue weighted by Gasteiger charge is 2.21. The lowest BCUT2D eigenvalue weighted by molar-refractivity contribution is -0.125. The summed E-state index contributed by atoms with van der Waals surface area (Å²) >= 11 is 5.07. The van der Waals surface area contributed by atoms with Crippen LogP contribution in [0.2, 0.25) is 0 Å². The number of halogens is 2. The van der Waals surface area contributed by atoms with E-state index in [4.69, 9.17) is 5.73 Å². The lowest BCUT2D eigenvalue weighted by atomic mass is 9.95. The number of hydrogen-bond acceptors (Lipinski definition) is 3. The average molecular weight is 390 g/mol. The maximum absolute atomic E-state index is 12.2. The van der Waals surface area contributed by atoms with Crippen LogP contribution in [0, 0.1) is 5.92 Å². The van der Waals surface area contributed by atoms with Gasteiger partial charge in [0.25, 0.3) is 0 Å². The van der Waals surface area contributed by atoms with Gasteiger partial charge < -0.3 is 11.1 Å². The van der Waals surface area contributed by atoms with Crippen LogP contribution in [0.5, 0.6) is 0 Å². The number of rotatable bonds is 5. The second-order valence-electron chi connectivity index (χ2n) is 4.63. The van der Waals surface area contributed by atoms with Crippen LogP contribution in [0.4, 0.5) is 0 Å². The van der Waals surface area contributed by atoms with Gasteiger partial charge in [0, 0.05) is 15.4 Å². The number of thiophene rings is 1. The van der Waals surface area contributed by atoms with Crippen LogP contribution >= 0.6 is 39.7 Å². The summed E-state index contributed by atoms with van der Waals surface area (Å²) in [6, 6.07) is 11.4. The molecule has 0 radical (unpaired) electrons. The summed E-state index contributed by atoms with van der Waals surface area (Å²) in [5, 5.41) is 4.93. The Balaban J connectivity index is 0.00000220. The van der Waals surface area contributed by atoms with Crippen molar-refractivity contribution in [3.8, 4) is 0 Å². The first-order chi connectivity index (χ1) is 9.59. The second-order valence-corrected chi connectivity index (χ2v) is 6.49. The van der Waals surface area contributed by atoms with Crippen molar-refractivity contribution in [2.24, 2.45) is 11.7 Å². The molecule has 1 heterocycles. The fraction of sp³-hybridized carbons (Fsp3) is 0.267. The molecule has 0 fully saturated rings. The minimum absolute atomic E-state index is 0. The van der Waals surface area contributed by atoms with Crippen LogP contribution in [-0.4, -0.2) is 5.91 Å². The van der Waals surface area contributed by atoms with E-state index >= 15 is 0 Å². The van der Waals surface area contributed by atoms with E-state index in [9.17, 15) is 4.79 Å². The van der Waals surface area contributed by atoms with Crippen LogP contribution in [0.3, 0.4) is 0 Å². The standard InChI is InChI=1S/C15H17BrN2OS.ClH/c1-10(14(17)11-5-3-2-4-6-11)15(19)18-9-13-12(16)7-8-20-13;/h2-8,10,14H,9,17H2,1H3,(H,18,19);1H. The monoisotopic (exact) mass is 388 g/mol. The normalized spacial score (nSPS) is 13.1. The average Bonchev–Trinajstić information content (AvgIpc) is 2.89. The summed E-state index contributed by atoms with van der Waals surface area (Å²) < 4.78 is 1.03. The van der Waals surface area contributed by atoms with Crippen molar-refractivity contribution < 1.29 is 4.79 Å². The zero-order valence-electron chi connectivity index (χ0n) is 11.6. The topological polar surface area (TPSA) is 55.1 Å². The molecule has 2 aromatic rings. The smallest absolute Gasteiger partial charge is 0.225 e. The number of hydrogen-bond donors (Lipinski definition) is 2. The Hall–Kier alpha value is -0.880. The molecule has 0 saturated carbocycles.